The van der Waals surface area contributed by atoms with Crippen LogP contribution in [-0.4, -0.2) is 19.5 Å². The Balaban J connectivity index is 2.00. The van der Waals surface area contributed by atoms with Crippen LogP contribution in [0.3, 0.4) is 0 Å². The Kier molecular flexibility index (Phi) is 4.22. The average molecular weight is 330 g/mol. The van der Waals surface area contributed by atoms with Crippen molar-refractivity contribution in [2.24, 2.45) is 0 Å². The van der Waals surface area contributed by atoms with Crippen LogP contribution < -0.4 is 0 Å². The number of fused-ring (bicyclic) bond motifs is 1. The fourth-order valence-corrected chi connectivity index (χ4v) is 4.55. The predicted molar refractivity (Wildman–Crippen MR) is 86.3 cm³/mol. The first-order valence-electron chi connectivity index (χ1n) is 7.63. The number of hydrogen-bond donors (Lipinski definition) is 1. The molecule has 0 amide bonds. The second kappa shape index (κ2) is 6.16. The Morgan fingerprint density at radius 3 is 2.52 bits per heavy atom. The van der Waals surface area contributed by atoms with E-state index in [-0.39, 0.29) is 22.1 Å². The lowest BCUT2D eigenvalue weighted by Crippen LogP contribution is -2.14. The molecule has 3 rings (SSSR count). The SMILES string of the molecule is O=C(O)CC1CCCc2cc(S(=O)(=O)c3ccccc3)ccc21. The molecule has 0 saturated heterocycles. The van der Waals surface area contributed by atoms with Gasteiger partial charge < -0.3 is 5.11 Å². The van der Waals surface area contributed by atoms with Gasteiger partial charge in [-0.3, -0.25) is 4.79 Å². The van der Waals surface area contributed by atoms with E-state index in [2.05, 4.69) is 0 Å². The normalized spacial score (nSPS) is 17.5. The highest BCUT2D eigenvalue weighted by molar-refractivity contribution is 7.91. The summed E-state index contributed by atoms with van der Waals surface area (Å²) in [4.78, 5) is 11.5. The van der Waals surface area contributed by atoms with Gasteiger partial charge in [-0.05, 0) is 60.6 Å². The van der Waals surface area contributed by atoms with Crippen molar-refractivity contribution < 1.29 is 18.3 Å². The van der Waals surface area contributed by atoms with Crippen LogP contribution >= 0.6 is 0 Å². The summed E-state index contributed by atoms with van der Waals surface area (Å²) in [6.45, 7) is 0. The van der Waals surface area contributed by atoms with Gasteiger partial charge in [0.2, 0.25) is 9.84 Å². The molecule has 2 aromatic rings. The smallest absolute Gasteiger partial charge is 0.303 e. The van der Waals surface area contributed by atoms with Gasteiger partial charge in [0, 0.05) is 0 Å². The van der Waals surface area contributed by atoms with Crippen molar-refractivity contribution in [3.8, 4) is 0 Å². The molecule has 23 heavy (non-hydrogen) atoms. The molecular weight excluding hydrogens is 312 g/mol. The first kappa shape index (κ1) is 15.7. The largest absolute Gasteiger partial charge is 0.481 e. The maximum Gasteiger partial charge on any atom is 0.303 e. The second-order valence-corrected chi connectivity index (χ2v) is 7.81. The summed E-state index contributed by atoms with van der Waals surface area (Å²) < 4.78 is 25.4. The Morgan fingerprint density at radius 2 is 1.83 bits per heavy atom. The van der Waals surface area contributed by atoms with Crippen LogP contribution in [0, 0.1) is 0 Å². The molecule has 0 aromatic heterocycles. The van der Waals surface area contributed by atoms with Gasteiger partial charge in [-0.25, -0.2) is 8.42 Å². The number of carbonyl (C=O) groups is 1. The van der Waals surface area contributed by atoms with E-state index in [0.717, 1.165) is 30.4 Å². The van der Waals surface area contributed by atoms with E-state index < -0.39 is 15.8 Å². The zero-order valence-corrected chi connectivity index (χ0v) is 13.4. The van der Waals surface area contributed by atoms with Gasteiger partial charge in [0.15, 0.2) is 0 Å². The van der Waals surface area contributed by atoms with Crippen molar-refractivity contribution in [3.05, 3.63) is 59.7 Å². The summed E-state index contributed by atoms with van der Waals surface area (Å²) in [7, 11) is -3.53. The van der Waals surface area contributed by atoms with Crippen LogP contribution in [0.1, 0.15) is 36.3 Å². The molecule has 0 spiro atoms. The van der Waals surface area contributed by atoms with Gasteiger partial charge in [0.1, 0.15) is 0 Å². The summed E-state index contributed by atoms with van der Waals surface area (Å²) in [5.74, 6) is -0.839. The van der Waals surface area contributed by atoms with Crippen LogP contribution in [0.25, 0.3) is 0 Å². The molecule has 2 aromatic carbocycles. The quantitative estimate of drug-likeness (QED) is 0.932. The van der Waals surface area contributed by atoms with E-state index in [9.17, 15) is 13.2 Å². The third-order valence-corrected chi connectivity index (χ3v) is 6.11. The van der Waals surface area contributed by atoms with Gasteiger partial charge in [-0.1, -0.05) is 24.3 Å². The zero-order chi connectivity index (χ0) is 16.4. The number of rotatable bonds is 4. The average Bonchev–Trinajstić information content (AvgIpc) is 2.55. The molecule has 1 unspecified atom stereocenters. The van der Waals surface area contributed by atoms with Gasteiger partial charge in [0.25, 0.3) is 0 Å². The van der Waals surface area contributed by atoms with E-state index in [1.807, 2.05) is 0 Å². The lowest BCUT2D eigenvalue weighted by Gasteiger charge is -2.24. The van der Waals surface area contributed by atoms with E-state index in [0.29, 0.717) is 0 Å². The van der Waals surface area contributed by atoms with E-state index in [1.54, 1.807) is 48.5 Å². The highest BCUT2D eigenvalue weighted by Gasteiger charge is 2.25. The van der Waals surface area contributed by atoms with E-state index in [4.69, 9.17) is 5.11 Å². The molecule has 0 heterocycles. The Bertz CT molecular complexity index is 825. The number of benzene rings is 2. The van der Waals surface area contributed by atoms with Gasteiger partial charge in [-0.2, -0.15) is 0 Å². The summed E-state index contributed by atoms with van der Waals surface area (Å²) in [6, 6.07) is 13.5. The zero-order valence-electron chi connectivity index (χ0n) is 12.6. The minimum atomic E-state index is -3.53. The Hall–Kier alpha value is -2.14. The monoisotopic (exact) mass is 330 g/mol. The minimum absolute atomic E-state index is 0.0234. The molecule has 0 fully saturated rings. The first-order chi connectivity index (χ1) is 11.0. The predicted octanol–water partition coefficient (Wildman–Crippen LogP) is 3.41. The molecule has 1 aliphatic rings. The van der Waals surface area contributed by atoms with Crippen molar-refractivity contribution in [3.63, 3.8) is 0 Å². The number of aliphatic carboxylic acids is 1. The number of hydrogen-bond acceptors (Lipinski definition) is 3. The lowest BCUT2D eigenvalue weighted by atomic mass is 9.81. The molecule has 120 valence electrons. The van der Waals surface area contributed by atoms with Gasteiger partial charge in [0.05, 0.1) is 16.2 Å². The standard InChI is InChI=1S/C18H18O4S/c19-18(20)12-14-6-4-5-13-11-16(9-10-17(13)14)23(21,22)15-7-2-1-3-8-15/h1-3,7-11,14H,4-6,12H2,(H,19,20). The van der Waals surface area contributed by atoms with Crippen molar-refractivity contribution in [2.75, 3.05) is 0 Å². The van der Waals surface area contributed by atoms with Crippen LogP contribution in [0.5, 0.6) is 0 Å². The highest BCUT2D eigenvalue weighted by Crippen LogP contribution is 2.36. The molecule has 1 aliphatic carbocycles. The van der Waals surface area contributed by atoms with Crippen molar-refractivity contribution in [1.82, 2.24) is 0 Å². The van der Waals surface area contributed by atoms with E-state index >= 15 is 0 Å². The maximum absolute atomic E-state index is 12.7. The fraction of sp³-hybridized carbons (Fsp3) is 0.278. The second-order valence-electron chi connectivity index (χ2n) is 5.86. The molecule has 0 bridgehead atoms. The van der Waals surface area contributed by atoms with Crippen LogP contribution in [0.2, 0.25) is 0 Å². The highest BCUT2D eigenvalue weighted by atomic mass is 32.2. The van der Waals surface area contributed by atoms with E-state index in [1.165, 1.54) is 0 Å². The van der Waals surface area contributed by atoms with Crippen molar-refractivity contribution in [2.45, 2.75) is 41.4 Å². The molecule has 1 N–H and O–H groups in total. The Labute approximate surface area is 135 Å². The summed E-state index contributed by atoms with van der Waals surface area (Å²) in [5, 5.41) is 9.03. The molecule has 1 atom stereocenters. The van der Waals surface area contributed by atoms with Crippen LogP contribution in [-0.2, 0) is 21.1 Å². The topological polar surface area (TPSA) is 71.4 Å². The van der Waals surface area contributed by atoms with Crippen LogP contribution in [0.4, 0.5) is 0 Å². The van der Waals surface area contributed by atoms with Crippen LogP contribution in [0.15, 0.2) is 58.3 Å². The number of carboxylic acids is 1. The number of aryl methyl sites for hydroxylation is 1. The minimum Gasteiger partial charge on any atom is -0.481 e. The molecule has 0 saturated carbocycles. The van der Waals surface area contributed by atoms with Gasteiger partial charge in [-0.15, -0.1) is 0 Å². The fourth-order valence-electron chi connectivity index (χ4n) is 3.22. The number of sulfone groups is 1. The van der Waals surface area contributed by atoms with Crippen molar-refractivity contribution >= 4 is 15.8 Å². The van der Waals surface area contributed by atoms with Gasteiger partial charge >= 0.3 is 5.97 Å². The third kappa shape index (κ3) is 3.15. The summed E-state index contributed by atoms with van der Waals surface area (Å²) in [6.07, 6.45) is 2.62. The molecule has 4 nitrogen and oxygen atoms in total. The summed E-state index contributed by atoms with van der Waals surface area (Å²) in [5.41, 5.74) is 1.94. The summed E-state index contributed by atoms with van der Waals surface area (Å²) >= 11 is 0. The maximum atomic E-state index is 12.7. The first-order valence-corrected chi connectivity index (χ1v) is 9.11. The number of carboxylic acid groups (broad SMARTS) is 1. The van der Waals surface area contributed by atoms with Crippen molar-refractivity contribution in [1.29, 1.82) is 0 Å². The molecule has 0 aliphatic heterocycles. The third-order valence-electron chi connectivity index (χ3n) is 4.34. The molecular formula is C18H18O4S. The Morgan fingerprint density at radius 1 is 1.09 bits per heavy atom. The molecule has 5 heteroatoms. The lowest BCUT2D eigenvalue weighted by molar-refractivity contribution is -0.137. The molecule has 0 radical (unpaired) electrons.